The molecule has 0 aromatic heterocycles. The lowest BCUT2D eigenvalue weighted by Gasteiger charge is -2.36. The largest absolute Gasteiger partial charge is 0.339 e. The van der Waals surface area contributed by atoms with Crippen molar-refractivity contribution in [3.8, 4) is 0 Å². The topological polar surface area (TPSA) is 32.3 Å². The Morgan fingerprint density at radius 1 is 1.47 bits per heavy atom. The van der Waals surface area contributed by atoms with Crippen LogP contribution in [0, 0.1) is 5.92 Å². The molecule has 0 saturated carbocycles. The Bertz CT molecular complexity index is 216. The quantitative estimate of drug-likeness (QED) is 0.771. The van der Waals surface area contributed by atoms with E-state index in [1.54, 1.807) is 0 Å². The second-order valence-electron chi connectivity index (χ2n) is 5.10. The molecule has 0 aromatic carbocycles. The molecule has 0 aliphatic carbocycles. The van der Waals surface area contributed by atoms with Crippen LogP contribution in [-0.4, -0.2) is 36.0 Å². The molecule has 1 fully saturated rings. The highest BCUT2D eigenvalue weighted by molar-refractivity contribution is 5.78. The van der Waals surface area contributed by atoms with Gasteiger partial charge in [0, 0.05) is 18.6 Å². The Morgan fingerprint density at radius 3 is 2.67 bits per heavy atom. The summed E-state index contributed by atoms with van der Waals surface area (Å²) in [6, 6.07) is 0.795. The Morgan fingerprint density at radius 2 is 2.13 bits per heavy atom. The van der Waals surface area contributed by atoms with Crippen LogP contribution >= 0.6 is 0 Å². The second kappa shape index (κ2) is 5.50. The lowest BCUT2D eigenvalue weighted by atomic mass is 9.93. The van der Waals surface area contributed by atoms with Crippen LogP contribution in [-0.2, 0) is 4.79 Å². The molecule has 0 radical (unpaired) electrons. The molecule has 1 N–H and O–H groups in total. The van der Waals surface area contributed by atoms with E-state index in [0.29, 0.717) is 18.6 Å². The number of likely N-dealkylation sites (tertiary alicyclic amines) is 1. The predicted molar refractivity (Wildman–Crippen MR) is 62.7 cm³/mol. The summed E-state index contributed by atoms with van der Waals surface area (Å²) in [4.78, 5) is 13.9. The number of hydrogen-bond acceptors (Lipinski definition) is 2. The molecule has 2 unspecified atom stereocenters. The van der Waals surface area contributed by atoms with Crippen LogP contribution in [0.4, 0.5) is 0 Å². The highest BCUT2D eigenvalue weighted by Crippen LogP contribution is 2.21. The third-order valence-electron chi connectivity index (χ3n) is 3.12. The van der Waals surface area contributed by atoms with Gasteiger partial charge in [0.1, 0.15) is 0 Å². The fraction of sp³-hybridized carbons (Fsp3) is 0.917. The van der Waals surface area contributed by atoms with E-state index in [4.69, 9.17) is 0 Å². The van der Waals surface area contributed by atoms with Gasteiger partial charge in [-0.25, -0.2) is 0 Å². The van der Waals surface area contributed by atoms with Crippen molar-refractivity contribution in [3.05, 3.63) is 0 Å². The number of nitrogens with one attached hydrogen (secondary N) is 1. The Hall–Kier alpha value is -0.570. The van der Waals surface area contributed by atoms with Crippen LogP contribution < -0.4 is 5.32 Å². The smallest absolute Gasteiger partial charge is 0.236 e. The normalized spacial score (nSPS) is 27.1. The Kier molecular flexibility index (Phi) is 4.58. The minimum absolute atomic E-state index is 0.253. The molecule has 15 heavy (non-hydrogen) atoms. The first-order valence-corrected chi connectivity index (χ1v) is 6.03. The summed E-state index contributed by atoms with van der Waals surface area (Å²) in [6.45, 7) is 9.97. The molecular weight excluding hydrogens is 188 g/mol. The molecule has 3 heteroatoms. The first-order valence-electron chi connectivity index (χ1n) is 6.03. The van der Waals surface area contributed by atoms with Crippen LogP contribution in [0.3, 0.4) is 0 Å². The summed E-state index contributed by atoms with van der Waals surface area (Å²) in [7, 11) is 0. The van der Waals surface area contributed by atoms with Crippen LogP contribution in [0.5, 0.6) is 0 Å². The van der Waals surface area contributed by atoms with Gasteiger partial charge < -0.3 is 10.2 Å². The van der Waals surface area contributed by atoms with E-state index in [1.807, 2.05) is 4.90 Å². The van der Waals surface area contributed by atoms with E-state index < -0.39 is 0 Å². The summed E-state index contributed by atoms with van der Waals surface area (Å²) < 4.78 is 0. The first kappa shape index (κ1) is 12.5. The highest BCUT2D eigenvalue weighted by Gasteiger charge is 2.26. The van der Waals surface area contributed by atoms with E-state index in [2.05, 4.69) is 33.0 Å². The van der Waals surface area contributed by atoms with E-state index in [0.717, 1.165) is 25.3 Å². The summed E-state index contributed by atoms with van der Waals surface area (Å²) in [5.74, 6) is 1.02. The van der Waals surface area contributed by atoms with E-state index >= 15 is 0 Å². The van der Waals surface area contributed by atoms with Gasteiger partial charge in [0.25, 0.3) is 0 Å². The van der Waals surface area contributed by atoms with Gasteiger partial charge in [-0.3, -0.25) is 4.79 Å². The molecular formula is C12H24N2O. The molecule has 1 aliphatic heterocycles. The monoisotopic (exact) mass is 212 g/mol. The molecule has 0 spiro atoms. The average Bonchev–Trinajstić information content (AvgIpc) is 2.14. The molecule has 0 aromatic rings. The maximum Gasteiger partial charge on any atom is 0.236 e. The first-order chi connectivity index (χ1) is 7.00. The summed E-state index contributed by atoms with van der Waals surface area (Å²) in [6.07, 6.45) is 2.30. The van der Waals surface area contributed by atoms with Gasteiger partial charge in [0.2, 0.25) is 5.91 Å². The van der Waals surface area contributed by atoms with Crippen LogP contribution in [0.2, 0.25) is 0 Å². The van der Waals surface area contributed by atoms with Crippen LogP contribution in [0.25, 0.3) is 0 Å². The van der Waals surface area contributed by atoms with Crippen molar-refractivity contribution in [2.75, 3.05) is 13.1 Å². The molecule has 3 nitrogen and oxygen atoms in total. The fourth-order valence-corrected chi connectivity index (χ4v) is 2.17. The maximum absolute atomic E-state index is 11.9. The zero-order valence-corrected chi connectivity index (χ0v) is 10.4. The van der Waals surface area contributed by atoms with Crippen molar-refractivity contribution in [2.24, 2.45) is 5.92 Å². The summed E-state index contributed by atoms with van der Waals surface area (Å²) in [5.41, 5.74) is 0. The van der Waals surface area contributed by atoms with E-state index in [9.17, 15) is 4.79 Å². The molecule has 1 amide bonds. The lowest BCUT2D eigenvalue weighted by Crippen LogP contribution is -2.48. The Labute approximate surface area is 93.2 Å². The van der Waals surface area contributed by atoms with Crippen molar-refractivity contribution >= 4 is 5.91 Å². The van der Waals surface area contributed by atoms with Crippen molar-refractivity contribution in [2.45, 2.75) is 52.6 Å². The minimum Gasteiger partial charge on any atom is -0.339 e. The van der Waals surface area contributed by atoms with Gasteiger partial charge in [0.05, 0.1) is 6.54 Å². The van der Waals surface area contributed by atoms with Crippen molar-refractivity contribution < 1.29 is 4.79 Å². The third kappa shape index (κ3) is 3.82. The van der Waals surface area contributed by atoms with Gasteiger partial charge in [-0.2, -0.15) is 0 Å². The highest BCUT2D eigenvalue weighted by atomic mass is 16.2. The number of amides is 1. The average molecular weight is 212 g/mol. The van der Waals surface area contributed by atoms with Gasteiger partial charge in [-0.15, -0.1) is 0 Å². The molecule has 1 heterocycles. The van der Waals surface area contributed by atoms with Gasteiger partial charge >= 0.3 is 0 Å². The van der Waals surface area contributed by atoms with Crippen molar-refractivity contribution in [3.63, 3.8) is 0 Å². The number of carbonyl (C=O) groups is 1. The number of nitrogens with zero attached hydrogens (tertiary/aromatic N) is 1. The van der Waals surface area contributed by atoms with Gasteiger partial charge in [0.15, 0.2) is 0 Å². The zero-order chi connectivity index (χ0) is 11.4. The fourth-order valence-electron chi connectivity index (χ4n) is 2.17. The number of rotatable bonds is 3. The van der Waals surface area contributed by atoms with E-state index in [-0.39, 0.29) is 5.91 Å². The zero-order valence-electron chi connectivity index (χ0n) is 10.4. The molecule has 2 atom stereocenters. The second-order valence-corrected chi connectivity index (χ2v) is 5.10. The predicted octanol–water partition coefficient (Wildman–Crippen LogP) is 1.63. The number of piperidine rings is 1. The number of carbonyl (C=O) groups excluding carboxylic acids is 1. The molecule has 1 rings (SSSR count). The molecule has 1 saturated heterocycles. The van der Waals surface area contributed by atoms with Gasteiger partial charge in [-0.05, 0) is 25.7 Å². The van der Waals surface area contributed by atoms with Gasteiger partial charge in [-0.1, -0.05) is 20.8 Å². The summed E-state index contributed by atoms with van der Waals surface area (Å²) >= 11 is 0. The maximum atomic E-state index is 11.9. The molecule has 1 aliphatic rings. The number of hydrogen-bond donors (Lipinski definition) is 1. The minimum atomic E-state index is 0.253. The third-order valence-corrected chi connectivity index (χ3v) is 3.12. The van der Waals surface area contributed by atoms with Crippen LogP contribution in [0.15, 0.2) is 0 Å². The molecule has 88 valence electrons. The standard InChI is InChI=1S/C12H24N2O/c1-9(2)13-8-12(15)14-6-5-10(3)7-11(14)4/h9-11,13H,5-8H2,1-4H3. The van der Waals surface area contributed by atoms with E-state index in [1.165, 1.54) is 0 Å². The van der Waals surface area contributed by atoms with Crippen LogP contribution in [0.1, 0.15) is 40.5 Å². The lowest BCUT2D eigenvalue weighted by molar-refractivity contribution is -0.134. The SMILES string of the molecule is CC1CCN(C(=O)CNC(C)C)C(C)C1. The van der Waals surface area contributed by atoms with Crippen molar-refractivity contribution in [1.82, 2.24) is 10.2 Å². The van der Waals surface area contributed by atoms with Crippen molar-refractivity contribution in [1.29, 1.82) is 0 Å². The Balaban J connectivity index is 2.38. The summed E-state index contributed by atoms with van der Waals surface area (Å²) in [5, 5.41) is 3.18. The molecule has 0 bridgehead atoms.